The van der Waals surface area contributed by atoms with E-state index in [4.69, 9.17) is 5.73 Å². The molecule has 0 bridgehead atoms. The Morgan fingerprint density at radius 2 is 1.93 bits per heavy atom. The third kappa shape index (κ3) is 2.36. The molecule has 2 aliphatic rings. The van der Waals surface area contributed by atoms with Gasteiger partial charge in [0.2, 0.25) is 0 Å². The molecule has 1 atom stereocenters. The summed E-state index contributed by atoms with van der Waals surface area (Å²) in [5, 5.41) is 0. The fraction of sp³-hybridized carbons (Fsp3) is 1.00. The SMILES string of the molecule is CCCCC(CN)N1CC2(CCCC2)C1. The molecule has 2 fully saturated rings. The van der Waals surface area contributed by atoms with Gasteiger partial charge in [0.1, 0.15) is 0 Å². The normalized spacial score (nSPS) is 26.8. The van der Waals surface area contributed by atoms with Crippen LogP contribution in [0, 0.1) is 5.41 Å². The first-order valence-corrected chi connectivity index (χ1v) is 6.74. The van der Waals surface area contributed by atoms with Crippen LogP contribution in [0.5, 0.6) is 0 Å². The van der Waals surface area contributed by atoms with Crippen molar-refractivity contribution in [3.63, 3.8) is 0 Å². The zero-order chi connectivity index (χ0) is 10.7. The summed E-state index contributed by atoms with van der Waals surface area (Å²) in [6.07, 6.45) is 9.85. The average molecular weight is 210 g/mol. The Bertz CT molecular complexity index is 189. The number of hydrogen-bond donors (Lipinski definition) is 1. The maximum atomic E-state index is 5.87. The molecule has 0 amide bonds. The lowest BCUT2D eigenvalue weighted by molar-refractivity contribution is -0.0270. The van der Waals surface area contributed by atoms with Gasteiger partial charge in [-0.05, 0) is 24.7 Å². The van der Waals surface area contributed by atoms with Crippen molar-refractivity contribution in [3.8, 4) is 0 Å². The number of nitrogens with zero attached hydrogens (tertiary/aromatic N) is 1. The van der Waals surface area contributed by atoms with Gasteiger partial charge in [-0.3, -0.25) is 4.90 Å². The summed E-state index contributed by atoms with van der Waals surface area (Å²) in [5.74, 6) is 0. The second-order valence-corrected chi connectivity index (χ2v) is 5.64. The number of hydrogen-bond acceptors (Lipinski definition) is 2. The van der Waals surface area contributed by atoms with Gasteiger partial charge in [0, 0.05) is 25.7 Å². The molecular formula is C13H26N2. The zero-order valence-corrected chi connectivity index (χ0v) is 10.2. The van der Waals surface area contributed by atoms with E-state index in [0.717, 1.165) is 12.0 Å². The molecule has 1 saturated heterocycles. The van der Waals surface area contributed by atoms with Gasteiger partial charge in [0.25, 0.3) is 0 Å². The van der Waals surface area contributed by atoms with Crippen molar-refractivity contribution in [1.82, 2.24) is 4.90 Å². The maximum Gasteiger partial charge on any atom is 0.0218 e. The van der Waals surface area contributed by atoms with Crippen molar-refractivity contribution in [1.29, 1.82) is 0 Å². The predicted octanol–water partition coefficient (Wildman–Crippen LogP) is 2.38. The van der Waals surface area contributed by atoms with E-state index in [1.165, 1.54) is 58.0 Å². The van der Waals surface area contributed by atoms with Gasteiger partial charge in [-0.1, -0.05) is 32.6 Å². The standard InChI is InChI=1S/C13H26N2/c1-2-3-6-12(9-14)15-10-13(11-15)7-4-5-8-13/h12H,2-11,14H2,1H3. The summed E-state index contributed by atoms with van der Waals surface area (Å²) in [4.78, 5) is 2.64. The van der Waals surface area contributed by atoms with E-state index in [-0.39, 0.29) is 0 Å². The van der Waals surface area contributed by atoms with E-state index >= 15 is 0 Å². The third-order valence-corrected chi connectivity index (χ3v) is 4.42. The molecular weight excluding hydrogens is 184 g/mol. The zero-order valence-electron chi connectivity index (χ0n) is 10.2. The second kappa shape index (κ2) is 4.84. The quantitative estimate of drug-likeness (QED) is 0.755. The van der Waals surface area contributed by atoms with Gasteiger partial charge < -0.3 is 5.73 Å². The smallest absolute Gasteiger partial charge is 0.0218 e. The van der Waals surface area contributed by atoms with E-state index < -0.39 is 0 Å². The number of unbranched alkanes of at least 4 members (excludes halogenated alkanes) is 1. The summed E-state index contributed by atoms with van der Waals surface area (Å²) < 4.78 is 0. The van der Waals surface area contributed by atoms with Crippen LogP contribution in [-0.2, 0) is 0 Å². The van der Waals surface area contributed by atoms with Crippen LogP contribution in [0.2, 0.25) is 0 Å². The summed E-state index contributed by atoms with van der Waals surface area (Å²) in [6.45, 7) is 5.81. The van der Waals surface area contributed by atoms with Crippen molar-refractivity contribution < 1.29 is 0 Å². The van der Waals surface area contributed by atoms with Crippen LogP contribution in [0.3, 0.4) is 0 Å². The van der Waals surface area contributed by atoms with Crippen molar-refractivity contribution in [3.05, 3.63) is 0 Å². The number of nitrogens with two attached hydrogens (primary N) is 1. The monoisotopic (exact) mass is 210 g/mol. The largest absolute Gasteiger partial charge is 0.329 e. The van der Waals surface area contributed by atoms with E-state index in [1.54, 1.807) is 0 Å². The molecule has 15 heavy (non-hydrogen) atoms. The lowest BCUT2D eigenvalue weighted by Crippen LogP contribution is -2.60. The first kappa shape index (κ1) is 11.4. The van der Waals surface area contributed by atoms with Crippen LogP contribution in [0.15, 0.2) is 0 Å². The molecule has 2 heteroatoms. The molecule has 1 aliphatic heterocycles. The summed E-state index contributed by atoms with van der Waals surface area (Å²) in [7, 11) is 0. The first-order chi connectivity index (χ1) is 7.29. The molecule has 2 nitrogen and oxygen atoms in total. The highest BCUT2D eigenvalue weighted by Crippen LogP contribution is 2.46. The summed E-state index contributed by atoms with van der Waals surface area (Å²) in [5.41, 5.74) is 6.61. The van der Waals surface area contributed by atoms with Gasteiger partial charge in [0.15, 0.2) is 0 Å². The minimum Gasteiger partial charge on any atom is -0.329 e. The Balaban J connectivity index is 1.75. The predicted molar refractivity (Wildman–Crippen MR) is 64.8 cm³/mol. The van der Waals surface area contributed by atoms with Crippen LogP contribution >= 0.6 is 0 Å². The lowest BCUT2D eigenvalue weighted by atomic mass is 9.77. The van der Waals surface area contributed by atoms with Crippen LogP contribution in [0.1, 0.15) is 51.9 Å². The van der Waals surface area contributed by atoms with E-state index in [0.29, 0.717) is 6.04 Å². The Hall–Kier alpha value is -0.0800. The Labute approximate surface area is 94.2 Å². The van der Waals surface area contributed by atoms with Crippen molar-refractivity contribution in [2.24, 2.45) is 11.1 Å². The molecule has 88 valence electrons. The molecule has 2 N–H and O–H groups in total. The minimum atomic E-state index is 0.677. The topological polar surface area (TPSA) is 29.3 Å². The average Bonchev–Trinajstić information content (AvgIpc) is 2.67. The van der Waals surface area contributed by atoms with Crippen molar-refractivity contribution >= 4 is 0 Å². The Kier molecular flexibility index (Phi) is 3.68. The van der Waals surface area contributed by atoms with E-state index in [2.05, 4.69) is 11.8 Å². The van der Waals surface area contributed by atoms with Crippen LogP contribution in [0.25, 0.3) is 0 Å². The van der Waals surface area contributed by atoms with Gasteiger partial charge in [-0.2, -0.15) is 0 Å². The highest BCUT2D eigenvalue weighted by molar-refractivity contribution is 5.00. The van der Waals surface area contributed by atoms with Gasteiger partial charge in [-0.15, -0.1) is 0 Å². The molecule has 1 spiro atoms. The molecule has 1 aliphatic carbocycles. The Morgan fingerprint density at radius 3 is 2.47 bits per heavy atom. The van der Waals surface area contributed by atoms with Crippen molar-refractivity contribution in [2.45, 2.75) is 57.9 Å². The fourth-order valence-electron chi connectivity index (χ4n) is 3.40. The molecule has 1 unspecified atom stereocenters. The molecule has 0 radical (unpaired) electrons. The van der Waals surface area contributed by atoms with Crippen LogP contribution in [-0.4, -0.2) is 30.6 Å². The third-order valence-electron chi connectivity index (χ3n) is 4.42. The van der Waals surface area contributed by atoms with Gasteiger partial charge in [0.05, 0.1) is 0 Å². The summed E-state index contributed by atoms with van der Waals surface area (Å²) in [6, 6.07) is 0.677. The number of rotatable bonds is 5. The van der Waals surface area contributed by atoms with Gasteiger partial charge in [-0.25, -0.2) is 0 Å². The minimum absolute atomic E-state index is 0.677. The van der Waals surface area contributed by atoms with Gasteiger partial charge >= 0.3 is 0 Å². The molecule has 1 heterocycles. The van der Waals surface area contributed by atoms with E-state index in [1.807, 2.05) is 0 Å². The summed E-state index contributed by atoms with van der Waals surface area (Å²) >= 11 is 0. The first-order valence-electron chi connectivity index (χ1n) is 6.74. The molecule has 0 aromatic carbocycles. The molecule has 1 saturated carbocycles. The lowest BCUT2D eigenvalue weighted by Gasteiger charge is -2.52. The van der Waals surface area contributed by atoms with E-state index in [9.17, 15) is 0 Å². The Morgan fingerprint density at radius 1 is 1.27 bits per heavy atom. The van der Waals surface area contributed by atoms with Crippen molar-refractivity contribution in [2.75, 3.05) is 19.6 Å². The molecule has 0 aromatic heterocycles. The van der Waals surface area contributed by atoms with Crippen LogP contribution in [0.4, 0.5) is 0 Å². The molecule has 2 rings (SSSR count). The highest BCUT2D eigenvalue weighted by Gasteiger charge is 2.46. The fourth-order valence-corrected chi connectivity index (χ4v) is 3.40. The molecule has 0 aromatic rings. The second-order valence-electron chi connectivity index (χ2n) is 5.64. The number of likely N-dealkylation sites (tertiary alicyclic amines) is 1. The maximum absolute atomic E-state index is 5.87. The highest BCUT2D eigenvalue weighted by atomic mass is 15.2. The van der Waals surface area contributed by atoms with Crippen LogP contribution < -0.4 is 5.73 Å².